The zero-order valence-corrected chi connectivity index (χ0v) is 13.0. The first-order valence-electron chi connectivity index (χ1n) is 6.52. The van der Waals surface area contributed by atoms with E-state index < -0.39 is 0 Å². The molecule has 100 valence electrons. The molecule has 0 bridgehead atoms. The molecule has 2 atom stereocenters. The lowest BCUT2D eigenvalue weighted by Gasteiger charge is -2.17. The van der Waals surface area contributed by atoms with Crippen LogP contribution in [0.2, 0.25) is 10.0 Å². The van der Waals surface area contributed by atoms with Gasteiger partial charge in [-0.3, -0.25) is 0 Å². The van der Waals surface area contributed by atoms with Gasteiger partial charge in [0, 0.05) is 15.5 Å². The molecule has 1 saturated carbocycles. The summed E-state index contributed by atoms with van der Waals surface area (Å²) in [7, 11) is 0. The smallest absolute Gasteiger partial charge is 0.0444 e. The second-order valence-corrected chi connectivity index (χ2v) is 6.75. The topological polar surface area (TPSA) is 12.0 Å². The van der Waals surface area contributed by atoms with E-state index >= 15 is 0 Å². The van der Waals surface area contributed by atoms with E-state index in [-0.39, 0.29) is 10.8 Å². The van der Waals surface area contributed by atoms with E-state index in [1.54, 1.807) is 0 Å². The minimum absolute atomic E-state index is 0.108. The van der Waals surface area contributed by atoms with Crippen LogP contribution in [-0.4, -0.2) is 13.1 Å². The number of nitrogens with one attached hydrogen (secondary N) is 1. The van der Waals surface area contributed by atoms with Gasteiger partial charge in [0.2, 0.25) is 0 Å². The molecule has 1 fully saturated rings. The molecule has 18 heavy (non-hydrogen) atoms. The first kappa shape index (κ1) is 14.2. The number of hydrogen-bond donors (Lipinski definition) is 1. The van der Waals surface area contributed by atoms with E-state index in [0.29, 0.717) is 5.92 Å². The normalized spacial score (nSPS) is 29.3. The fourth-order valence-electron chi connectivity index (χ4n) is 3.28. The second kappa shape index (κ2) is 4.70. The molecular weight excluding hydrogens is 265 g/mol. The fourth-order valence-corrected chi connectivity index (χ4v) is 3.77. The minimum atomic E-state index is 0.108. The maximum atomic E-state index is 6.37. The van der Waals surface area contributed by atoms with Gasteiger partial charge >= 0.3 is 0 Å². The first-order chi connectivity index (χ1) is 8.35. The highest BCUT2D eigenvalue weighted by Crippen LogP contribution is 2.69. The molecule has 2 rings (SSSR count). The molecule has 0 radical (unpaired) electrons. The van der Waals surface area contributed by atoms with Crippen molar-refractivity contribution < 1.29 is 0 Å². The van der Waals surface area contributed by atoms with Crippen LogP contribution in [0.25, 0.3) is 0 Å². The van der Waals surface area contributed by atoms with E-state index in [9.17, 15) is 0 Å². The Morgan fingerprint density at radius 1 is 1.22 bits per heavy atom. The second-order valence-electron chi connectivity index (χ2n) is 5.91. The molecule has 3 heteroatoms. The van der Waals surface area contributed by atoms with Crippen molar-refractivity contribution in [2.24, 2.45) is 11.3 Å². The summed E-state index contributed by atoms with van der Waals surface area (Å²) < 4.78 is 0. The summed E-state index contributed by atoms with van der Waals surface area (Å²) in [6, 6.07) is 5.78. The number of hydrogen-bond acceptors (Lipinski definition) is 1. The van der Waals surface area contributed by atoms with Crippen molar-refractivity contribution in [1.82, 2.24) is 5.32 Å². The number of benzene rings is 1. The fraction of sp³-hybridized carbons (Fsp3) is 0.600. The van der Waals surface area contributed by atoms with Crippen LogP contribution < -0.4 is 5.32 Å². The van der Waals surface area contributed by atoms with Crippen LogP contribution in [0.3, 0.4) is 0 Å². The van der Waals surface area contributed by atoms with Crippen molar-refractivity contribution in [3.8, 4) is 0 Å². The van der Waals surface area contributed by atoms with Crippen LogP contribution >= 0.6 is 23.2 Å². The van der Waals surface area contributed by atoms with Crippen molar-refractivity contribution in [3.05, 3.63) is 33.8 Å². The van der Waals surface area contributed by atoms with Gasteiger partial charge in [-0.15, -0.1) is 0 Å². The summed E-state index contributed by atoms with van der Waals surface area (Å²) in [4.78, 5) is 0. The van der Waals surface area contributed by atoms with E-state index in [1.165, 1.54) is 5.56 Å². The summed E-state index contributed by atoms with van der Waals surface area (Å²) in [6.45, 7) is 11.1. The van der Waals surface area contributed by atoms with Gasteiger partial charge in [0.1, 0.15) is 0 Å². The molecule has 1 aromatic rings. The zero-order chi connectivity index (χ0) is 13.6. The Bertz CT molecular complexity index is 456. The Balaban J connectivity index is 2.34. The molecule has 1 aromatic carbocycles. The molecule has 0 heterocycles. The lowest BCUT2D eigenvalue weighted by Crippen LogP contribution is -2.19. The largest absolute Gasteiger partial charge is 0.317 e. The van der Waals surface area contributed by atoms with Gasteiger partial charge in [-0.2, -0.15) is 0 Å². The van der Waals surface area contributed by atoms with Gasteiger partial charge in [-0.25, -0.2) is 0 Å². The predicted octanol–water partition coefficient (Wildman–Crippen LogP) is 4.52. The Labute approximate surface area is 120 Å². The Morgan fingerprint density at radius 3 is 2.50 bits per heavy atom. The first-order valence-corrected chi connectivity index (χ1v) is 7.27. The average molecular weight is 286 g/mol. The van der Waals surface area contributed by atoms with Gasteiger partial charge in [0.05, 0.1) is 0 Å². The van der Waals surface area contributed by atoms with Crippen molar-refractivity contribution in [1.29, 1.82) is 0 Å². The lowest BCUT2D eigenvalue weighted by molar-refractivity contribution is 0.509. The third-order valence-corrected chi connectivity index (χ3v) is 5.47. The highest BCUT2D eigenvalue weighted by molar-refractivity contribution is 6.33. The minimum Gasteiger partial charge on any atom is -0.317 e. The summed E-state index contributed by atoms with van der Waals surface area (Å²) in [6.07, 6.45) is 0. The van der Waals surface area contributed by atoms with Crippen LogP contribution in [0.4, 0.5) is 0 Å². The van der Waals surface area contributed by atoms with Crippen LogP contribution in [0.15, 0.2) is 18.2 Å². The molecule has 1 nitrogen and oxygen atoms in total. The molecule has 0 spiro atoms. The molecule has 2 unspecified atom stereocenters. The molecule has 0 aliphatic heterocycles. The third kappa shape index (κ3) is 1.97. The van der Waals surface area contributed by atoms with Gasteiger partial charge in [-0.05, 0) is 48.2 Å². The van der Waals surface area contributed by atoms with Crippen molar-refractivity contribution in [2.75, 3.05) is 13.1 Å². The summed E-state index contributed by atoms with van der Waals surface area (Å²) in [5, 5.41) is 5.04. The standard InChI is InChI=1S/C15H21Cl2N/c1-5-18-9-13-14(2,3)15(13,4)11-8-10(16)6-7-12(11)17/h6-8,13,18H,5,9H2,1-4H3. The van der Waals surface area contributed by atoms with Crippen LogP contribution in [-0.2, 0) is 5.41 Å². The number of halogens is 2. The lowest BCUT2D eigenvalue weighted by atomic mass is 9.89. The predicted molar refractivity (Wildman–Crippen MR) is 79.6 cm³/mol. The molecule has 0 aromatic heterocycles. The van der Waals surface area contributed by atoms with Crippen LogP contribution in [0.1, 0.15) is 33.3 Å². The highest BCUT2D eigenvalue weighted by Gasteiger charge is 2.68. The van der Waals surface area contributed by atoms with Gasteiger partial charge in [-0.1, -0.05) is 50.9 Å². The van der Waals surface area contributed by atoms with E-state index in [1.807, 2.05) is 18.2 Å². The molecule has 0 amide bonds. The summed E-state index contributed by atoms with van der Waals surface area (Å²) in [5.41, 5.74) is 1.55. The zero-order valence-electron chi connectivity index (χ0n) is 11.5. The maximum absolute atomic E-state index is 6.37. The maximum Gasteiger partial charge on any atom is 0.0444 e. The third-order valence-electron chi connectivity index (χ3n) is 4.91. The molecule has 1 N–H and O–H groups in total. The van der Waals surface area contributed by atoms with Gasteiger partial charge < -0.3 is 5.32 Å². The molecule has 0 saturated heterocycles. The SMILES string of the molecule is CCNCC1C(C)(C)C1(C)c1cc(Cl)ccc1Cl. The Morgan fingerprint density at radius 2 is 1.89 bits per heavy atom. The summed E-state index contributed by atoms with van der Waals surface area (Å²) in [5.74, 6) is 0.598. The van der Waals surface area contributed by atoms with Crippen LogP contribution in [0.5, 0.6) is 0 Å². The van der Waals surface area contributed by atoms with E-state index in [2.05, 4.69) is 33.0 Å². The van der Waals surface area contributed by atoms with Crippen molar-refractivity contribution in [3.63, 3.8) is 0 Å². The number of rotatable bonds is 4. The highest BCUT2D eigenvalue weighted by atomic mass is 35.5. The van der Waals surface area contributed by atoms with E-state index in [0.717, 1.165) is 23.1 Å². The van der Waals surface area contributed by atoms with Crippen molar-refractivity contribution in [2.45, 2.75) is 33.1 Å². The van der Waals surface area contributed by atoms with Crippen LogP contribution in [0, 0.1) is 11.3 Å². The monoisotopic (exact) mass is 285 g/mol. The van der Waals surface area contributed by atoms with Crippen molar-refractivity contribution >= 4 is 23.2 Å². The van der Waals surface area contributed by atoms with E-state index in [4.69, 9.17) is 23.2 Å². The molecule has 1 aliphatic rings. The van der Waals surface area contributed by atoms with Gasteiger partial charge in [0.25, 0.3) is 0 Å². The Hall–Kier alpha value is -0.240. The summed E-state index contributed by atoms with van der Waals surface area (Å²) >= 11 is 12.5. The quantitative estimate of drug-likeness (QED) is 0.858. The molecular formula is C15H21Cl2N. The average Bonchev–Trinajstić information content (AvgIpc) is 2.74. The van der Waals surface area contributed by atoms with Gasteiger partial charge in [0.15, 0.2) is 0 Å². The molecule has 1 aliphatic carbocycles. The Kier molecular flexibility index (Phi) is 3.70.